The smallest absolute Gasteiger partial charge is 0.0383 e. The van der Waals surface area contributed by atoms with Gasteiger partial charge in [0.05, 0.1) is 0 Å². The van der Waals surface area contributed by atoms with Gasteiger partial charge in [-0.05, 0) is 118 Å². The van der Waals surface area contributed by atoms with E-state index < -0.39 is 0 Å². The average Bonchev–Trinajstić information content (AvgIpc) is 3.50. The fourth-order valence-corrected chi connectivity index (χ4v) is 8.94. The van der Waals surface area contributed by atoms with Crippen LogP contribution < -0.4 is 0 Å². The first kappa shape index (κ1) is 19.0. The van der Waals surface area contributed by atoms with Gasteiger partial charge >= 0.3 is 0 Å². The molecule has 0 N–H and O–H groups in total. The fraction of sp³-hybridized carbons (Fsp3) is 1.00. The first-order valence-electron chi connectivity index (χ1n) is 13.4. The molecule has 0 aromatic carbocycles. The summed E-state index contributed by atoms with van der Waals surface area (Å²) in [4.78, 5) is 0. The van der Waals surface area contributed by atoms with Crippen LogP contribution in [-0.4, -0.2) is 0 Å². The lowest BCUT2D eigenvalue weighted by Gasteiger charge is -2.40. The highest BCUT2D eigenvalue weighted by Gasteiger charge is 2.39. The van der Waals surface area contributed by atoms with Gasteiger partial charge in [-0.2, -0.15) is 0 Å². The molecule has 27 heavy (non-hydrogen) atoms. The molecule has 0 heteroatoms. The van der Waals surface area contributed by atoms with E-state index in [9.17, 15) is 0 Å². The SMILES string of the molecule is C1CCC(C2CCC(C3CCC(C4CCC(C5CCCC5)C4)CC3)CC2)C1. The Morgan fingerprint density at radius 2 is 0.444 bits per heavy atom. The van der Waals surface area contributed by atoms with E-state index in [0.717, 1.165) is 47.3 Å². The molecule has 2 atom stereocenters. The predicted molar refractivity (Wildman–Crippen MR) is 116 cm³/mol. The molecule has 0 bridgehead atoms. The topological polar surface area (TPSA) is 0 Å². The summed E-state index contributed by atoms with van der Waals surface area (Å²) in [6, 6.07) is 0. The van der Waals surface area contributed by atoms with Crippen LogP contribution in [0.2, 0.25) is 0 Å². The highest BCUT2D eigenvalue weighted by Crippen LogP contribution is 2.50. The molecule has 0 radical (unpaired) electrons. The van der Waals surface area contributed by atoms with E-state index in [-0.39, 0.29) is 0 Å². The van der Waals surface area contributed by atoms with Crippen LogP contribution in [0.3, 0.4) is 0 Å². The standard InChI is InChI=1S/C27H46/c1-2-6-20(5-1)22-9-11-23(12-10-22)24-13-15-25(16-14-24)27-18-17-26(19-27)21-7-3-4-8-21/h20-27H,1-19H2. The highest BCUT2D eigenvalue weighted by molar-refractivity contribution is 4.90. The molecule has 5 rings (SSSR count). The summed E-state index contributed by atoms with van der Waals surface area (Å²) >= 11 is 0. The maximum atomic E-state index is 1.63. The van der Waals surface area contributed by atoms with E-state index in [0.29, 0.717) is 0 Å². The van der Waals surface area contributed by atoms with Gasteiger partial charge in [-0.15, -0.1) is 0 Å². The molecule has 0 spiro atoms. The van der Waals surface area contributed by atoms with Gasteiger partial charge in [0.1, 0.15) is 0 Å². The summed E-state index contributed by atoms with van der Waals surface area (Å²) in [5, 5.41) is 0. The molecule has 154 valence electrons. The molecule has 5 fully saturated rings. The summed E-state index contributed by atoms with van der Waals surface area (Å²) in [5.74, 6) is 9.05. The molecule has 0 heterocycles. The van der Waals surface area contributed by atoms with Crippen molar-refractivity contribution in [1.29, 1.82) is 0 Å². The van der Waals surface area contributed by atoms with Gasteiger partial charge in [0.15, 0.2) is 0 Å². The molecular weight excluding hydrogens is 324 g/mol. The van der Waals surface area contributed by atoms with E-state index in [4.69, 9.17) is 0 Å². The Bertz CT molecular complexity index is 439. The third-order valence-corrected chi connectivity index (χ3v) is 10.6. The monoisotopic (exact) mass is 370 g/mol. The second-order valence-corrected chi connectivity index (χ2v) is 11.8. The third-order valence-electron chi connectivity index (χ3n) is 10.6. The molecule has 0 aromatic heterocycles. The average molecular weight is 371 g/mol. The zero-order valence-corrected chi connectivity index (χ0v) is 18.1. The maximum absolute atomic E-state index is 1.63. The van der Waals surface area contributed by atoms with Crippen LogP contribution in [-0.2, 0) is 0 Å². The van der Waals surface area contributed by atoms with Crippen molar-refractivity contribution < 1.29 is 0 Å². The van der Waals surface area contributed by atoms with Gasteiger partial charge in [-0.1, -0.05) is 51.4 Å². The van der Waals surface area contributed by atoms with Crippen molar-refractivity contribution in [3.05, 3.63) is 0 Å². The van der Waals surface area contributed by atoms with Crippen molar-refractivity contribution in [3.63, 3.8) is 0 Å². The molecule has 0 saturated heterocycles. The zero-order chi connectivity index (χ0) is 18.1. The van der Waals surface area contributed by atoms with Crippen molar-refractivity contribution in [2.45, 2.75) is 122 Å². The molecule has 5 aliphatic carbocycles. The molecule has 0 aliphatic heterocycles. The predicted octanol–water partition coefficient (Wildman–Crippen LogP) is 8.40. The van der Waals surface area contributed by atoms with E-state index in [1.165, 1.54) is 12.8 Å². The van der Waals surface area contributed by atoms with Crippen LogP contribution in [0.4, 0.5) is 0 Å². The van der Waals surface area contributed by atoms with E-state index >= 15 is 0 Å². The third kappa shape index (κ3) is 4.30. The minimum Gasteiger partial charge on any atom is -0.0530 e. The second-order valence-electron chi connectivity index (χ2n) is 11.8. The minimum absolute atomic E-state index is 1.12. The number of hydrogen-bond donors (Lipinski definition) is 0. The largest absolute Gasteiger partial charge is 0.0530 e. The Balaban J connectivity index is 1.04. The second kappa shape index (κ2) is 8.79. The van der Waals surface area contributed by atoms with Crippen LogP contribution in [0, 0.1) is 47.3 Å². The van der Waals surface area contributed by atoms with Crippen LogP contribution in [0.15, 0.2) is 0 Å². The minimum atomic E-state index is 1.12. The van der Waals surface area contributed by atoms with Crippen molar-refractivity contribution in [2.75, 3.05) is 0 Å². The summed E-state index contributed by atoms with van der Waals surface area (Å²) < 4.78 is 0. The first-order valence-corrected chi connectivity index (χ1v) is 13.4. The summed E-state index contributed by atoms with van der Waals surface area (Å²) in [6.45, 7) is 0. The van der Waals surface area contributed by atoms with E-state index in [1.54, 1.807) is 109 Å². The summed E-state index contributed by atoms with van der Waals surface area (Å²) in [7, 11) is 0. The van der Waals surface area contributed by atoms with Crippen molar-refractivity contribution in [2.24, 2.45) is 47.3 Å². The zero-order valence-electron chi connectivity index (χ0n) is 18.1. The fourth-order valence-electron chi connectivity index (χ4n) is 8.94. The lowest BCUT2D eigenvalue weighted by Crippen LogP contribution is -2.29. The van der Waals surface area contributed by atoms with Crippen molar-refractivity contribution in [1.82, 2.24) is 0 Å². The summed E-state index contributed by atoms with van der Waals surface area (Å²) in [5.41, 5.74) is 0. The normalized spacial score (nSPS) is 44.9. The molecule has 5 saturated carbocycles. The van der Waals surface area contributed by atoms with Crippen LogP contribution in [0.5, 0.6) is 0 Å². The van der Waals surface area contributed by atoms with Crippen LogP contribution in [0.25, 0.3) is 0 Å². The van der Waals surface area contributed by atoms with Crippen LogP contribution >= 0.6 is 0 Å². The molecule has 2 unspecified atom stereocenters. The van der Waals surface area contributed by atoms with E-state index in [2.05, 4.69) is 0 Å². The van der Waals surface area contributed by atoms with Gasteiger partial charge < -0.3 is 0 Å². The number of hydrogen-bond acceptors (Lipinski definition) is 0. The maximum Gasteiger partial charge on any atom is -0.0383 e. The number of rotatable bonds is 4. The van der Waals surface area contributed by atoms with E-state index in [1.807, 2.05) is 0 Å². The molecule has 0 nitrogen and oxygen atoms in total. The molecular formula is C27H46. The highest BCUT2D eigenvalue weighted by atomic mass is 14.4. The van der Waals surface area contributed by atoms with Gasteiger partial charge in [0.2, 0.25) is 0 Å². The Labute approximate surface area is 169 Å². The molecule has 0 amide bonds. The van der Waals surface area contributed by atoms with Gasteiger partial charge in [0.25, 0.3) is 0 Å². The Morgan fingerprint density at radius 1 is 0.222 bits per heavy atom. The van der Waals surface area contributed by atoms with Crippen molar-refractivity contribution in [3.8, 4) is 0 Å². The van der Waals surface area contributed by atoms with Crippen LogP contribution in [0.1, 0.15) is 122 Å². The Morgan fingerprint density at radius 3 is 0.815 bits per heavy atom. The van der Waals surface area contributed by atoms with Gasteiger partial charge in [-0.25, -0.2) is 0 Å². The molecule has 5 aliphatic rings. The van der Waals surface area contributed by atoms with Gasteiger partial charge in [-0.3, -0.25) is 0 Å². The Hall–Kier alpha value is 0. The lowest BCUT2D eigenvalue weighted by molar-refractivity contribution is 0.110. The summed E-state index contributed by atoms with van der Waals surface area (Å²) in [6.07, 6.45) is 30.1. The quantitative estimate of drug-likeness (QED) is 0.466. The first-order chi connectivity index (χ1) is 13.4. The van der Waals surface area contributed by atoms with Gasteiger partial charge in [0, 0.05) is 0 Å². The van der Waals surface area contributed by atoms with Crippen molar-refractivity contribution >= 4 is 0 Å². The molecule has 0 aromatic rings. The lowest BCUT2D eigenvalue weighted by atomic mass is 9.65. The Kier molecular flexibility index (Phi) is 6.18.